The predicted molar refractivity (Wildman–Crippen MR) is 111 cm³/mol. The summed E-state index contributed by atoms with van der Waals surface area (Å²) in [6, 6.07) is 10.8. The van der Waals surface area contributed by atoms with E-state index >= 15 is 0 Å². The second-order valence-electron chi connectivity index (χ2n) is 7.03. The Morgan fingerprint density at radius 3 is 2.73 bits per heavy atom. The molecule has 3 heterocycles. The highest BCUT2D eigenvalue weighted by atomic mass is 79.9. The smallest absolute Gasteiger partial charge is 0.137 e. The number of likely N-dealkylation sites (N-methyl/N-ethyl adjacent to an activating group) is 1. The van der Waals surface area contributed by atoms with Crippen LogP contribution in [0.4, 0.5) is 11.4 Å². The highest BCUT2D eigenvalue weighted by molar-refractivity contribution is 9.10. The first-order chi connectivity index (χ1) is 12.6. The van der Waals surface area contributed by atoms with Crippen molar-refractivity contribution < 1.29 is 0 Å². The Hall–Kier alpha value is -2.05. The van der Waals surface area contributed by atoms with Crippen LogP contribution in [0.1, 0.15) is 11.3 Å². The standard InChI is InChI=1S/C20H24BrN5/c1-15-9-17(11-18(10-15)25-7-5-24(2)6-8-25)22-12-19-13-23-20-4-3-16(21)14-26(19)20/h3-4,9-11,13-14,22H,5-8,12H2,1-2H3. The second-order valence-corrected chi connectivity index (χ2v) is 7.94. The molecular formula is C20H24BrN5. The van der Waals surface area contributed by atoms with Gasteiger partial charge >= 0.3 is 0 Å². The summed E-state index contributed by atoms with van der Waals surface area (Å²) in [6.07, 6.45) is 4.00. The Labute approximate surface area is 162 Å². The molecule has 136 valence electrons. The van der Waals surface area contributed by atoms with E-state index in [4.69, 9.17) is 0 Å². The number of fused-ring (bicyclic) bond motifs is 1. The van der Waals surface area contributed by atoms with Crippen LogP contribution < -0.4 is 10.2 Å². The molecule has 3 aromatic rings. The zero-order valence-electron chi connectivity index (χ0n) is 15.2. The van der Waals surface area contributed by atoms with Crippen LogP contribution in [0, 0.1) is 6.92 Å². The molecule has 2 aromatic heterocycles. The summed E-state index contributed by atoms with van der Waals surface area (Å²) in [5.74, 6) is 0. The van der Waals surface area contributed by atoms with Gasteiger partial charge in [0.2, 0.25) is 0 Å². The number of nitrogens with one attached hydrogen (secondary N) is 1. The summed E-state index contributed by atoms with van der Waals surface area (Å²) in [7, 11) is 2.19. The number of aryl methyl sites for hydroxylation is 1. The van der Waals surface area contributed by atoms with E-state index in [0.717, 1.165) is 54.2 Å². The molecule has 1 aliphatic heterocycles. The van der Waals surface area contributed by atoms with Gasteiger partial charge in [-0.1, -0.05) is 0 Å². The van der Waals surface area contributed by atoms with Crippen LogP contribution >= 0.6 is 15.9 Å². The maximum absolute atomic E-state index is 4.48. The van der Waals surface area contributed by atoms with Crippen molar-refractivity contribution in [2.75, 3.05) is 43.4 Å². The van der Waals surface area contributed by atoms with Crippen LogP contribution in [0.3, 0.4) is 0 Å². The van der Waals surface area contributed by atoms with Crippen LogP contribution in [0.25, 0.3) is 5.65 Å². The molecular weight excluding hydrogens is 390 g/mol. The van der Waals surface area contributed by atoms with Crippen molar-refractivity contribution in [3.63, 3.8) is 0 Å². The topological polar surface area (TPSA) is 35.8 Å². The number of imidazole rings is 1. The van der Waals surface area contributed by atoms with E-state index in [9.17, 15) is 0 Å². The summed E-state index contributed by atoms with van der Waals surface area (Å²) in [5, 5.41) is 3.57. The minimum Gasteiger partial charge on any atom is -0.379 e. The van der Waals surface area contributed by atoms with Gasteiger partial charge in [0.05, 0.1) is 18.4 Å². The number of halogens is 1. The van der Waals surface area contributed by atoms with E-state index in [1.807, 2.05) is 18.3 Å². The quantitative estimate of drug-likeness (QED) is 0.705. The number of piperazine rings is 1. The lowest BCUT2D eigenvalue weighted by Gasteiger charge is -2.34. The molecule has 0 radical (unpaired) electrons. The van der Waals surface area contributed by atoms with Crippen LogP contribution in [-0.2, 0) is 6.54 Å². The van der Waals surface area contributed by atoms with E-state index < -0.39 is 0 Å². The minimum atomic E-state index is 0.739. The SMILES string of the molecule is Cc1cc(NCc2cnc3ccc(Br)cn23)cc(N2CCN(C)CC2)c1. The summed E-state index contributed by atoms with van der Waals surface area (Å²) >= 11 is 3.54. The minimum absolute atomic E-state index is 0.739. The average molecular weight is 414 g/mol. The van der Waals surface area contributed by atoms with Gasteiger partial charge in [0.25, 0.3) is 0 Å². The summed E-state index contributed by atoms with van der Waals surface area (Å²) in [5.41, 5.74) is 5.85. The molecule has 1 saturated heterocycles. The van der Waals surface area contributed by atoms with E-state index in [2.05, 4.69) is 78.8 Å². The summed E-state index contributed by atoms with van der Waals surface area (Å²) < 4.78 is 3.17. The third kappa shape index (κ3) is 3.71. The first-order valence-corrected chi connectivity index (χ1v) is 9.78. The number of rotatable bonds is 4. The van der Waals surface area contributed by atoms with Crippen LogP contribution in [-0.4, -0.2) is 47.5 Å². The molecule has 0 atom stereocenters. The predicted octanol–water partition coefficient (Wildman–Crippen LogP) is 3.77. The molecule has 5 nitrogen and oxygen atoms in total. The van der Waals surface area contributed by atoms with Gasteiger partial charge < -0.3 is 19.5 Å². The molecule has 0 unspecified atom stereocenters. The summed E-state index contributed by atoms with van der Waals surface area (Å²) in [6.45, 7) is 7.31. The van der Waals surface area contributed by atoms with Crippen molar-refractivity contribution in [1.29, 1.82) is 0 Å². The zero-order chi connectivity index (χ0) is 18.1. The van der Waals surface area contributed by atoms with E-state index in [1.165, 1.54) is 11.3 Å². The van der Waals surface area contributed by atoms with Crippen molar-refractivity contribution in [2.24, 2.45) is 0 Å². The fraction of sp³-hybridized carbons (Fsp3) is 0.350. The molecule has 1 aromatic carbocycles. The number of benzene rings is 1. The zero-order valence-corrected chi connectivity index (χ0v) is 16.8. The highest BCUT2D eigenvalue weighted by Crippen LogP contribution is 2.24. The van der Waals surface area contributed by atoms with Crippen molar-refractivity contribution in [3.05, 3.63) is 58.5 Å². The molecule has 0 amide bonds. The maximum Gasteiger partial charge on any atom is 0.137 e. The van der Waals surface area contributed by atoms with Gasteiger partial charge in [-0.05, 0) is 65.8 Å². The number of nitrogens with zero attached hydrogens (tertiary/aromatic N) is 4. The lowest BCUT2D eigenvalue weighted by molar-refractivity contribution is 0.313. The molecule has 1 fully saturated rings. The molecule has 6 heteroatoms. The van der Waals surface area contributed by atoms with Crippen molar-refractivity contribution in [1.82, 2.24) is 14.3 Å². The maximum atomic E-state index is 4.48. The van der Waals surface area contributed by atoms with Crippen molar-refractivity contribution >= 4 is 33.0 Å². The first-order valence-electron chi connectivity index (χ1n) is 8.99. The van der Waals surface area contributed by atoms with Gasteiger partial charge in [0.15, 0.2) is 0 Å². The van der Waals surface area contributed by atoms with E-state index in [0.29, 0.717) is 0 Å². The van der Waals surface area contributed by atoms with Gasteiger partial charge in [-0.25, -0.2) is 4.98 Å². The fourth-order valence-corrected chi connectivity index (χ4v) is 3.78. The molecule has 0 spiro atoms. The lowest BCUT2D eigenvalue weighted by atomic mass is 10.1. The van der Waals surface area contributed by atoms with Gasteiger partial charge in [0, 0.05) is 48.2 Å². The van der Waals surface area contributed by atoms with Crippen LogP contribution in [0.15, 0.2) is 47.2 Å². The molecule has 1 aliphatic rings. The molecule has 0 bridgehead atoms. The number of hydrogen-bond donors (Lipinski definition) is 1. The van der Waals surface area contributed by atoms with Gasteiger partial charge in [-0.15, -0.1) is 0 Å². The molecule has 1 N–H and O–H groups in total. The third-order valence-corrected chi connectivity index (χ3v) is 5.42. The average Bonchev–Trinajstić information content (AvgIpc) is 3.02. The van der Waals surface area contributed by atoms with Gasteiger partial charge in [-0.2, -0.15) is 0 Å². The molecule has 0 aliphatic carbocycles. The first kappa shape index (κ1) is 17.4. The Morgan fingerprint density at radius 1 is 1.12 bits per heavy atom. The Bertz CT molecular complexity index is 912. The number of anilines is 2. The lowest BCUT2D eigenvalue weighted by Crippen LogP contribution is -2.44. The largest absolute Gasteiger partial charge is 0.379 e. The Kier molecular flexibility index (Phi) is 4.87. The van der Waals surface area contributed by atoms with Crippen LogP contribution in [0.2, 0.25) is 0 Å². The summed E-state index contributed by atoms with van der Waals surface area (Å²) in [4.78, 5) is 9.34. The van der Waals surface area contributed by atoms with E-state index in [1.54, 1.807) is 0 Å². The monoisotopic (exact) mass is 413 g/mol. The van der Waals surface area contributed by atoms with E-state index in [-0.39, 0.29) is 0 Å². The number of pyridine rings is 1. The number of hydrogen-bond acceptors (Lipinski definition) is 4. The van der Waals surface area contributed by atoms with Crippen molar-refractivity contribution in [2.45, 2.75) is 13.5 Å². The molecule has 0 saturated carbocycles. The molecule has 4 rings (SSSR count). The third-order valence-electron chi connectivity index (χ3n) is 4.95. The second kappa shape index (κ2) is 7.29. The molecule has 26 heavy (non-hydrogen) atoms. The van der Waals surface area contributed by atoms with Crippen LogP contribution in [0.5, 0.6) is 0 Å². The highest BCUT2D eigenvalue weighted by Gasteiger charge is 2.15. The Balaban J connectivity index is 1.51. The van der Waals surface area contributed by atoms with Crippen molar-refractivity contribution in [3.8, 4) is 0 Å². The van der Waals surface area contributed by atoms with Gasteiger partial charge in [0.1, 0.15) is 5.65 Å². The normalized spacial score (nSPS) is 15.6. The van der Waals surface area contributed by atoms with Gasteiger partial charge in [-0.3, -0.25) is 0 Å². The Morgan fingerprint density at radius 2 is 1.92 bits per heavy atom. The fourth-order valence-electron chi connectivity index (χ4n) is 3.44. The number of aromatic nitrogens is 2.